The average molecular weight is 402 g/mol. The molecule has 0 aliphatic carbocycles. The smallest absolute Gasteiger partial charge is 0.341 e. The van der Waals surface area contributed by atoms with Gasteiger partial charge in [0.1, 0.15) is 4.90 Å². The van der Waals surface area contributed by atoms with E-state index in [0.717, 1.165) is 12.3 Å². The number of nitrogens with zero attached hydrogens (tertiary/aromatic N) is 2. The van der Waals surface area contributed by atoms with Gasteiger partial charge in [-0.3, -0.25) is 14.5 Å². The zero-order chi connectivity index (χ0) is 20.3. The fourth-order valence-corrected chi connectivity index (χ4v) is 2.87. The maximum Gasteiger partial charge on any atom is 0.341 e. The average Bonchev–Trinajstić information content (AvgIpc) is 2.65. The number of aliphatic imine (C=N–C) groups is 1. The summed E-state index contributed by atoms with van der Waals surface area (Å²) in [5.74, 6) is -1.84. The van der Waals surface area contributed by atoms with Crippen molar-refractivity contribution >= 4 is 38.9 Å². The van der Waals surface area contributed by atoms with Crippen LogP contribution in [-0.4, -0.2) is 47.0 Å². The van der Waals surface area contributed by atoms with Crippen LogP contribution in [0.4, 0.5) is 5.69 Å². The molecule has 0 radical (unpaired) electrons. The van der Waals surface area contributed by atoms with E-state index in [0.29, 0.717) is 5.69 Å². The highest BCUT2D eigenvalue weighted by atomic mass is 32.2. The first-order valence-electron chi connectivity index (χ1n) is 7.82. The number of hydrogen-bond donors (Lipinski definition) is 3. The molecule has 10 heteroatoms. The van der Waals surface area contributed by atoms with Gasteiger partial charge in [-0.25, -0.2) is 4.79 Å². The topological polar surface area (TPSA) is 146 Å². The number of aromatic nitrogens is 1. The number of ether oxygens (including phenoxy) is 1. The third-order valence-electron chi connectivity index (χ3n) is 3.69. The van der Waals surface area contributed by atoms with Crippen molar-refractivity contribution < 1.29 is 32.7 Å². The molecule has 0 fully saturated rings. The van der Waals surface area contributed by atoms with Gasteiger partial charge in [0, 0.05) is 29.4 Å². The quantitative estimate of drug-likeness (QED) is 0.421. The molecule has 0 saturated heterocycles. The van der Waals surface area contributed by atoms with Crippen LogP contribution in [0.3, 0.4) is 0 Å². The van der Waals surface area contributed by atoms with Crippen molar-refractivity contribution in [1.29, 1.82) is 0 Å². The molecule has 0 spiro atoms. The molecule has 144 valence electrons. The summed E-state index contributed by atoms with van der Waals surface area (Å²) in [6, 6.07) is 11.1. The maximum absolute atomic E-state index is 11.4. The van der Waals surface area contributed by atoms with Crippen LogP contribution in [0.1, 0.15) is 5.56 Å². The van der Waals surface area contributed by atoms with E-state index in [-0.39, 0.29) is 22.2 Å². The number of pyridine rings is 1. The first-order chi connectivity index (χ1) is 13.3. The van der Waals surface area contributed by atoms with Gasteiger partial charge < -0.3 is 14.9 Å². The Hall–Kier alpha value is -3.50. The molecule has 3 N–H and O–H groups in total. The minimum Gasteiger partial charge on any atom is -0.504 e. The van der Waals surface area contributed by atoms with Gasteiger partial charge in [-0.1, -0.05) is 18.2 Å². The van der Waals surface area contributed by atoms with Gasteiger partial charge in [0.25, 0.3) is 10.1 Å². The molecule has 3 aromatic rings. The molecular weight excluding hydrogens is 388 g/mol. The third-order valence-corrected chi connectivity index (χ3v) is 4.51. The van der Waals surface area contributed by atoms with Gasteiger partial charge in [-0.15, -0.1) is 0 Å². The summed E-state index contributed by atoms with van der Waals surface area (Å²) in [7, 11) is -4.52. The van der Waals surface area contributed by atoms with Crippen molar-refractivity contribution in [3.8, 4) is 11.5 Å². The summed E-state index contributed by atoms with van der Waals surface area (Å²) in [4.78, 5) is 18.5. The van der Waals surface area contributed by atoms with Crippen LogP contribution < -0.4 is 4.74 Å². The number of benzene rings is 2. The number of carboxylic acids is 1. The molecule has 1 heterocycles. The molecule has 2 aromatic carbocycles. The number of fused-ring (bicyclic) bond motifs is 1. The van der Waals surface area contributed by atoms with Crippen molar-refractivity contribution in [3.63, 3.8) is 0 Å². The van der Waals surface area contributed by atoms with Gasteiger partial charge in [0.15, 0.2) is 18.1 Å². The van der Waals surface area contributed by atoms with E-state index in [2.05, 4.69) is 9.98 Å². The van der Waals surface area contributed by atoms with E-state index in [1.54, 1.807) is 30.3 Å². The predicted molar refractivity (Wildman–Crippen MR) is 100 cm³/mol. The minimum atomic E-state index is -4.52. The van der Waals surface area contributed by atoms with Crippen LogP contribution in [0.2, 0.25) is 0 Å². The van der Waals surface area contributed by atoms with Crippen molar-refractivity contribution in [1.82, 2.24) is 4.98 Å². The van der Waals surface area contributed by atoms with Gasteiger partial charge in [-0.05, 0) is 18.2 Å². The number of aromatic hydroxyl groups is 1. The normalized spacial score (nSPS) is 11.8. The number of hydrogen-bond acceptors (Lipinski definition) is 7. The number of phenols is 1. The number of para-hydroxylation sites is 1. The second-order valence-corrected chi connectivity index (χ2v) is 7.05. The summed E-state index contributed by atoms with van der Waals surface area (Å²) in [5, 5.41) is 19.5. The molecule has 1 aromatic heterocycles. The number of phenolic OH excluding ortho intramolecular Hbond substituents is 1. The van der Waals surface area contributed by atoms with Crippen LogP contribution >= 0.6 is 0 Å². The van der Waals surface area contributed by atoms with E-state index in [9.17, 15) is 22.9 Å². The highest BCUT2D eigenvalue weighted by Gasteiger charge is 2.18. The van der Waals surface area contributed by atoms with Crippen LogP contribution in [0, 0.1) is 0 Å². The molecule has 0 aliphatic heterocycles. The van der Waals surface area contributed by atoms with Crippen molar-refractivity contribution in [3.05, 3.63) is 54.2 Å². The molecule has 0 amide bonds. The van der Waals surface area contributed by atoms with Gasteiger partial charge in [-0.2, -0.15) is 8.42 Å². The lowest BCUT2D eigenvalue weighted by atomic mass is 10.1. The minimum absolute atomic E-state index is 0.0553. The summed E-state index contributed by atoms with van der Waals surface area (Å²) in [5.41, 5.74) is 0.825. The van der Waals surface area contributed by atoms with Crippen LogP contribution in [0.15, 0.2) is 58.5 Å². The predicted octanol–water partition coefficient (Wildman–Crippen LogP) is 2.40. The van der Waals surface area contributed by atoms with Crippen molar-refractivity contribution in [2.24, 2.45) is 4.99 Å². The zero-order valence-corrected chi connectivity index (χ0v) is 15.0. The molecule has 0 bridgehead atoms. The molecule has 28 heavy (non-hydrogen) atoms. The lowest BCUT2D eigenvalue weighted by Gasteiger charge is -2.11. The monoisotopic (exact) mass is 402 g/mol. The van der Waals surface area contributed by atoms with Crippen LogP contribution in [0.5, 0.6) is 11.5 Å². The highest BCUT2D eigenvalue weighted by Crippen LogP contribution is 2.36. The van der Waals surface area contributed by atoms with Gasteiger partial charge in [0.2, 0.25) is 0 Å². The Bertz CT molecular complexity index is 1180. The second-order valence-electron chi connectivity index (χ2n) is 5.63. The Kier molecular flexibility index (Phi) is 5.25. The summed E-state index contributed by atoms with van der Waals surface area (Å²) >= 11 is 0. The van der Waals surface area contributed by atoms with Crippen LogP contribution in [-0.2, 0) is 14.9 Å². The summed E-state index contributed by atoms with van der Waals surface area (Å²) in [6.45, 7) is -0.697. The number of rotatable bonds is 6. The Labute approximate surface area is 159 Å². The standard InChI is InChI=1S/C18H14N2O7S/c21-17(22)10-27-16-7-15-13(6-12(8-20-15)28(24,25)26)14(18(16)23)9-19-11-4-2-1-3-5-11/h1-9,23H,10H2,(H,21,22)(H,24,25,26). The second kappa shape index (κ2) is 7.62. The Balaban J connectivity index is 2.20. The summed E-state index contributed by atoms with van der Waals surface area (Å²) < 4.78 is 37.2. The fourth-order valence-electron chi connectivity index (χ4n) is 2.41. The molecule has 3 rings (SSSR count). The lowest BCUT2D eigenvalue weighted by molar-refractivity contribution is -0.139. The molecule has 0 aliphatic rings. The molecular formula is C18H14N2O7S. The first kappa shape index (κ1) is 19.3. The van der Waals surface area contributed by atoms with E-state index in [1.807, 2.05) is 0 Å². The highest BCUT2D eigenvalue weighted by molar-refractivity contribution is 7.85. The van der Waals surface area contributed by atoms with E-state index >= 15 is 0 Å². The number of aliphatic carboxylic acids is 1. The first-order valence-corrected chi connectivity index (χ1v) is 9.26. The third kappa shape index (κ3) is 4.24. The summed E-state index contributed by atoms with van der Waals surface area (Å²) in [6.07, 6.45) is 2.21. The lowest BCUT2D eigenvalue weighted by Crippen LogP contribution is -2.10. The molecule has 0 atom stereocenters. The van der Waals surface area contributed by atoms with Crippen molar-refractivity contribution in [2.45, 2.75) is 4.90 Å². The van der Waals surface area contributed by atoms with Crippen molar-refractivity contribution in [2.75, 3.05) is 6.61 Å². The SMILES string of the molecule is O=C(O)COc1cc2ncc(S(=O)(=O)O)cc2c(C=Nc2ccccc2)c1O. The van der Waals surface area contributed by atoms with E-state index < -0.39 is 33.3 Å². The van der Waals surface area contributed by atoms with Crippen LogP contribution in [0.25, 0.3) is 10.9 Å². The maximum atomic E-state index is 11.4. The number of carboxylic acid groups (broad SMARTS) is 1. The molecule has 9 nitrogen and oxygen atoms in total. The van der Waals surface area contributed by atoms with Gasteiger partial charge in [0.05, 0.1) is 11.2 Å². The van der Waals surface area contributed by atoms with E-state index in [1.165, 1.54) is 12.3 Å². The Morgan fingerprint density at radius 2 is 1.93 bits per heavy atom. The number of carbonyl (C=O) groups is 1. The van der Waals surface area contributed by atoms with E-state index in [4.69, 9.17) is 9.84 Å². The Morgan fingerprint density at radius 3 is 2.57 bits per heavy atom. The Morgan fingerprint density at radius 1 is 1.21 bits per heavy atom. The molecule has 0 unspecified atom stereocenters. The molecule has 0 saturated carbocycles. The van der Waals surface area contributed by atoms with Gasteiger partial charge >= 0.3 is 5.97 Å². The zero-order valence-electron chi connectivity index (χ0n) is 14.2. The largest absolute Gasteiger partial charge is 0.504 e. The fraction of sp³-hybridized carbons (Fsp3) is 0.0556.